The molecule has 5 N–H and O–H groups in total. The lowest BCUT2D eigenvalue weighted by atomic mass is 10.1. The number of nitrogens with one attached hydrogen (secondary N) is 2. The molecule has 0 radical (unpaired) electrons. The van der Waals surface area contributed by atoms with Gasteiger partial charge in [-0.05, 0) is 66.0 Å². The fourth-order valence-electron chi connectivity index (χ4n) is 3.75. The molecule has 3 aromatic rings. The van der Waals surface area contributed by atoms with Crippen molar-refractivity contribution in [3.8, 4) is 17.1 Å². The van der Waals surface area contributed by atoms with Gasteiger partial charge >= 0.3 is 30.4 Å². The summed E-state index contributed by atoms with van der Waals surface area (Å²) in [5, 5.41) is 27.9. The smallest absolute Gasteiger partial charge is 0.490 e. The summed E-state index contributed by atoms with van der Waals surface area (Å²) < 4.78 is 75.1. The Hall–Kier alpha value is -4.17. The minimum Gasteiger partial charge on any atom is -0.491 e. The number of carbonyl (C=O) groups excluding carboxylic acids is 1. The highest BCUT2D eigenvalue weighted by Gasteiger charge is 2.38. The van der Waals surface area contributed by atoms with Crippen molar-refractivity contribution in [2.45, 2.75) is 44.3 Å². The molecule has 13 nitrogen and oxygen atoms in total. The molecule has 1 fully saturated rings. The Balaban J connectivity index is 0.000000459. The van der Waals surface area contributed by atoms with Crippen LogP contribution in [-0.4, -0.2) is 111 Å². The molecule has 1 amide bonds. The summed E-state index contributed by atoms with van der Waals surface area (Å²) in [6.45, 7) is 4.14. The fraction of sp³-hybridized carbons (Fsp3) is 0.444. The number of nitrogens with zero attached hydrogens (tertiary/aromatic N) is 3. The van der Waals surface area contributed by atoms with Gasteiger partial charge in [0, 0.05) is 41.9 Å². The number of benzene rings is 1. The third kappa shape index (κ3) is 13.6. The number of likely N-dealkylation sites (tertiary alicyclic amines) is 1. The van der Waals surface area contributed by atoms with Gasteiger partial charge in [-0.15, -0.1) is 0 Å². The lowest BCUT2D eigenvalue weighted by molar-refractivity contribution is -0.193. The van der Waals surface area contributed by atoms with E-state index in [0.717, 1.165) is 39.9 Å². The number of ether oxygens (including phenoxy) is 2. The van der Waals surface area contributed by atoms with Gasteiger partial charge in [-0.2, -0.15) is 26.3 Å². The highest BCUT2D eigenvalue weighted by molar-refractivity contribution is 9.10. The Kier molecular flexibility index (Phi) is 14.7. The zero-order valence-electron chi connectivity index (χ0n) is 24.4. The van der Waals surface area contributed by atoms with E-state index in [4.69, 9.17) is 29.3 Å². The minimum absolute atomic E-state index is 0.191. The third-order valence-corrected chi connectivity index (χ3v) is 6.46. The first-order chi connectivity index (χ1) is 21.9. The number of amides is 1. The second kappa shape index (κ2) is 17.7. The van der Waals surface area contributed by atoms with Crippen LogP contribution in [-0.2, 0) is 14.3 Å². The van der Waals surface area contributed by atoms with Crippen molar-refractivity contribution in [3.05, 3.63) is 41.0 Å². The van der Waals surface area contributed by atoms with Gasteiger partial charge in [0.05, 0.1) is 6.61 Å². The molecule has 4 rings (SSSR count). The molecule has 2 aromatic heterocycles. The van der Waals surface area contributed by atoms with Crippen LogP contribution in [0.5, 0.6) is 5.75 Å². The van der Waals surface area contributed by atoms with Gasteiger partial charge in [-0.1, -0.05) is 0 Å². The lowest BCUT2D eigenvalue weighted by Gasteiger charge is -2.32. The Bertz CT molecular complexity index is 1440. The maximum Gasteiger partial charge on any atom is 0.490 e. The number of carboxylic acids is 2. The molecule has 20 heteroatoms. The van der Waals surface area contributed by atoms with Crippen molar-refractivity contribution in [2.24, 2.45) is 0 Å². The molecule has 0 spiro atoms. The van der Waals surface area contributed by atoms with Crippen LogP contribution in [0, 0.1) is 0 Å². The Morgan fingerprint density at radius 3 is 2.13 bits per heavy atom. The van der Waals surface area contributed by atoms with Crippen LogP contribution in [0.4, 0.5) is 31.1 Å². The van der Waals surface area contributed by atoms with Crippen molar-refractivity contribution in [1.82, 2.24) is 25.2 Å². The largest absolute Gasteiger partial charge is 0.491 e. The zero-order valence-corrected chi connectivity index (χ0v) is 26.0. The number of pyridine rings is 1. The number of aliphatic hydroxyl groups excluding tert-OH is 1. The van der Waals surface area contributed by atoms with E-state index in [1.165, 1.54) is 0 Å². The highest BCUT2D eigenvalue weighted by Crippen LogP contribution is 2.24. The maximum atomic E-state index is 11.8. The number of hydrogen-bond acceptors (Lipinski definition) is 9. The standard InChI is InChI=1S/C23H28BrN5O4.2C2HF3O2/c1-2-32-23(31)29-9-7-17(8-10-29)25-13-18(30)14-33-19-5-3-15(4-6-19)21-27-20-11-16(24)12-26-22(20)28-21;2*3-2(4,5)1(6)7/h3-6,11-12,17-18,25,30H,2,7-10,13-14H2,1H3,(H,26,27,28);2*(H,6,7). The van der Waals surface area contributed by atoms with Crippen LogP contribution in [0.1, 0.15) is 19.8 Å². The second-order valence-corrected chi connectivity index (χ2v) is 10.5. The summed E-state index contributed by atoms with van der Waals surface area (Å²) in [6, 6.07) is 9.74. The highest BCUT2D eigenvalue weighted by atomic mass is 79.9. The number of hydrogen-bond donors (Lipinski definition) is 5. The van der Waals surface area contributed by atoms with Crippen molar-refractivity contribution >= 4 is 45.1 Å². The third-order valence-electron chi connectivity index (χ3n) is 6.02. The van der Waals surface area contributed by atoms with E-state index in [9.17, 15) is 36.2 Å². The molecular formula is C27H30BrF6N5O8. The van der Waals surface area contributed by atoms with E-state index in [1.807, 2.05) is 37.3 Å². The number of carboxylic acid groups (broad SMARTS) is 2. The minimum atomic E-state index is -5.08. The Labute approximate surface area is 271 Å². The van der Waals surface area contributed by atoms with E-state index in [0.29, 0.717) is 32.0 Å². The van der Waals surface area contributed by atoms with Gasteiger partial charge < -0.3 is 40.0 Å². The second-order valence-electron chi connectivity index (χ2n) is 9.57. The first-order valence-electron chi connectivity index (χ1n) is 13.6. The average Bonchev–Trinajstić information content (AvgIpc) is 3.42. The van der Waals surface area contributed by atoms with Gasteiger partial charge in [0.25, 0.3) is 0 Å². The molecule has 1 aliphatic heterocycles. The summed E-state index contributed by atoms with van der Waals surface area (Å²) in [5.74, 6) is -4.10. The zero-order chi connectivity index (χ0) is 35.4. The fourth-order valence-corrected chi connectivity index (χ4v) is 4.07. The van der Waals surface area contributed by atoms with Crippen LogP contribution < -0.4 is 10.1 Å². The van der Waals surface area contributed by atoms with E-state index in [-0.39, 0.29) is 18.7 Å². The SMILES string of the molecule is CCOC(=O)N1CCC(NCC(O)COc2ccc(-c3nc4cc(Br)cnc4[nH]3)cc2)CC1.O=C(O)C(F)(F)F.O=C(O)C(F)(F)F. The average molecular weight is 746 g/mol. The van der Waals surface area contributed by atoms with E-state index < -0.39 is 30.4 Å². The predicted molar refractivity (Wildman–Crippen MR) is 156 cm³/mol. The number of aromatic nitrogens is 3. The maximum absolute atomic E-state index is 11.8. The quantitative estimate of drug-likeness (QED) is 0.203. The normalized spacial score (nSPS) is 14.3. The molecule has 1 aromatic carbocycles. The summed E-state index contributed by atoms with van der Waals surface area (Å²) in [7, 11) is 0. The number of rotatable bonds is 8. The number of fused-ring (bicyclic) bond motifs is 1. The number of aliphatic hydroxyl groups is 1. The van der Waals surface area contributed by atoms with Gasteiger partial charge in [0.1, 0.15) is 29.8 Å². The first kappa shape index (κ1) is 39.0. The Morgan fingerprint density at radius 1 is 1.06 bits per heavy atom. The van der Waals surface area contributed by atoms with Gasteiger partial charge in [-0.25, -0.2) is 24.4 Å². The van der Waals surface area contributed by atoms with Crippen molar-refractivity contribution in [2.75, 3.05) is 32.8 Å². The molecule has 0 bridgehead atoms. The van der Waals surface area contributed by atoms with Gasteiger partial charge in [0.15, 0.2) is 5.65 Å². The number of alkyl halides is 6. The van der Waals surface area contributed by atoms with Crippen molar-refractivity contribution < 1.29 is 65.5 Å². The van der Waals surface area contributed by atoms with Crippen LogP contribution in [0.15, 0.2) is 41.0 Å². The van der Waals surface area contributed by atoms with Crippen molar-refractivity contribution in [3.63, 3.8) is 0 Å². The van der Waals surface area contributed by atoms with E-state index in [1.54, 1.807) is 11.1 Å². The Morgan fingerprint density at radius 2 is 1.62 bits per heavy atom. The number of aliphatic carboxylic acids is 2. The summed E-state index contributed by atoms with van der Waals surface area (Å²) in [5.41, 5.74) is 2.45. The van der Waals surface area contributed by atoms with Crippen LogP contribution >= 0.6 is 15.9 Å². The molecule has 3 heterocycles. The molecule has 1 atom stereocenters. The molecular weight excluding hydrogens is 716 g/mol. The lowest BCUT2D eigenvalue weighted by Crippen LogP contribution is -2.47. The van der Waals surface area contributed by atoms with Crippen LogP contribution in [0.3, 0.4) is 0 Å². The van der Waals surface area contributed by atoms with Crippen LogP contribution in [0.2, 0.25) is 0 Å². The number of piperidine rings is 1. The van der Waals surface area contributed by atoms with Crippen molar-refractivity contribution in [1.29, 1.82) is 0 Å². The topological polar surface area (TPSA) is 187 Å². The molecule has 1 unspecified atom stereocenters. The first-order valence-corrected chi connectivity index (χ1v) is 14.4. The molecule has 47 heavy (non-hydrogen) atoms. The number of H-pyrrole nitrogens is 1. The van der Waals surface area contributed by atoms with Gasteiger partial charge in [0.2, 0.25) is 0 Å². The molecule has 1 saturated heterocycles. The van der Waals surface area contributed by atoms with Gasteiger partial charge in [-0.3, -0.25) is 0 Å². The number of carbonyl (C=O) groups is 3. The summed E-state index contributed by atoms with van der Waals surface area (Å²) >= 11 is 3.41. The number of imidazole rings is 1. The summed E-state index contributed by atoms with van der Waals surface area (Å²) in [4.78, 5) is 43.4. The number of aromatic amines is 1. The molecule has 260 valence electrons. The molecule has 0 aliphatic carbocycles. The summed E-state index contributed by atoms with van der Waals surface area (Å²) in [6.07, 6.45) is -7.65. The number of halogens is 7. The molecule has 1 aliphatic rings. The predicted octanol–water partition coefficient (Wildman–Crippen LogP) is 4.60. The van der Waals surface area contributed by atoms with Crippen LogP contribution in [0.25, 0.3) is 22.6 Å². The monoisotopic (exact) mass is 745 g/mol. The van der Waals surface area contributed by atoms with E-state index >= 15 is 0 Å². The molecule has 0 saturated carbocycles. The van der Waals surface area contributed by atoms with E-state index in [2.05, 4.69) is 36.2 Å².